The Morgan fingerprint density at radius 3 is 2.57 bits per heavy atom. The van der Waals surface area contributed by atoms with E-state index < -0.39 is 28.1 Å². The average Bonchev–Trinajstić information content (AvgIpc) is 2.41. The van der Waals surface area contributed by atoms with Gasteiger partial charge in [0.25, 0.3) is 10.1 Å². The monoisotopic (exact) mass is 323 g/mol. The van der Waals surface area contributed by atoms with E-state index >= 15 is 0 Å². The first kappa shape index (κ1) is 17.7. The van der Waals surface area contributed by atoms with Crippen LogP contribution in [-0.2, 0) is 23.8 Å². The summed E-state index contributed by atoms with van der Waals surface area (Å²) in [4.78, 5) is 23.9. The minimum Gasteiger partial charge on any atom is -0.469 e. The number of carboxylic acid groups (broad SMARTS) is 1. The number of carbonyl (C=O) groups is 2. The maximum Gasteiger partial charge on any atom is 0.407 e. The van der Waals surface area contributed by atoms with Gasteiger partial charge in [-0.1, -0.05) is 0 Å². The summed E-state index contributed by atoms with van der Waals surface area (Å²) in [6.45, 7) is 0.534. The van der Waals surface area contributed by atoms with Crippen LogP contribution < -0.4 is 0 Å². The third-order valence-electron chi connectivity index (χ3n) is 3.55. The third kappa shape index (κ3) is 5.88. The predicted molar refractivity (Wildman–Crippen MR) is 73.2 cm³/mol. The molecule has 0 bridgehead atoms. The third-order valence-corrected chi connectivity index (χ3v) is 4.14. The van der Waals surface area contributed by atoms with Gasteiger partial charge in [-0.3, -0.25) is 8.98 Å². The van der Waals surface area contributed by atoms with Crippen molar-refractivity contribution in [3.8, 4) is 0 Å². The maximum absolute atomic E-state index is 11.8. The summed E-state index contributed by atoms with van der Waals surface area (Å²) in [7, 11) is -2.19. The van der Waals surface area contributed by atoms with Crippen molar-refractivity contribution in [2.75, 3.05) is 33.1 Å². The largest absolute Gasteiger partial charge is 0.469 e. The molecule has 0 aromatic carbocycles. The van der Waals surface area contributed by atoms with E-state index in [1.165, 1.54) is 12.0 Å². The van der Waals surface area contributed by atoms with Gasteiger partial charge in [0.2, 0.25) is 0 Å². The van der Waals surface area contributed by atoms with Gasteiger partial charge < -0.3 is 14.7 Å². The van der Waals surface area contributed by atoms with Crippen LogP contribution in [0.5, 0.6) is 0 Å². The molecule has 1 N–H and O–H groups in total. The zero-order valence-electron chi connectivity index (χ0n) is 12.1. The second-order valence-corrected chi connectivity index (χ2v) is 6.72. The van der Waals surface area contributed by atoms with Crippen molar-refractivity contribution in [1.82, 2.24) is 4.90 Å². The fourth-order valence-corrected chi connectivity index (χ4v) is 2.91. The number of carbonyl (C=O) groups excluding carboxylic acids is 1. The van der Waals surface area contributed by atoms with Crippen LogP contribution in [0.1, 0.15) is 19.3 Å². The van der Waals surface area contributed by atoms with Crippen molar-refractivity contribution in [3.63, 3.8) is 0 Å². The van der Waals surface area contributed by atoms with E-state index in [4.69, 9.17) is 9.84 Å². The lowest BCUT2D eigenvalue weighted by Gasteiger charge is -2.35. The zero-order valence-corrected chi connectivity index (χ0v) is 13.0. The molecule has 1 rings (SSSR count). The van der Waals surface area contributed by atoms with Gasteiger partial charge >= 0.3 is 12.1 Å². The molecule has 1 heterocycles. The number of rotatable bonds is 6. The highest BCUT2D eigenvalue weighted by atomic mass is 32.2. The summed E-state index contributed by atoms with van der Waals surface area (Å²) in [6.07, 6.45) is 1.55. The molecule has 122 valence electrons. The molecule has 2 unspecified atom stereocenters. The van der Waals surface area contributed by atoms with Crippen molar-refractivity contribution in [2.24, 2.45) is 11.8 Å². The van der Waals surface area contributed by atoms with E-state index in [1.807, 2.05) is 0 Å². The van der Waals surface area contributed by atoms with Crippen LogP contribution in [0.25, 0.3) is 0 Å². The van der Waals surface area contributed by atoms with Gasteiger partial charge in [0.05, 0.1) is 25.9 Å². The fraction of sp³-hybridized carbons (Fsp3) is 0.833. The van der Waals surface area contributed by atoms with Crippen molar-refractivity contribution in [2.45, 2.75) is 19.3 Å². The summed E-state index contributed by atoms with van der Waals surface area (Å²) in [5.41, 5.74) is 0. The number of nitrogens with zero attached hydrogens (tertiary/aromatic N) is 1. The molecule has 8 nitrogen and oxygen atoms in total. The van der Waals surface area contributed by atoms with Crippen LogP contribution in [0.15, 0.2) is 0 Å². The number of hydrogen-bond acceptors (Lipinski definition) is 6. The second kappa shape index (κ2) is 7.60. The Kier molecular flexibility index (Phi) is 6.41. The Labute approximate surface area is 124 Å². The Balaban J connectivity index is 2.54. The highest BCUT2D eigenvalue weighted by Gasteiger charge is 2.36. The molecule has 1 aliphatic heterocycles. The SMILES string of the molecule is COC(=O)C1CN(C(=O)O)CCC1CCCOS(C)(=O)=O. The van der Waals surface area contributed by atoms with Crippen molar-refractivity contribution in [1.29, 1.82) is 0 Å². The standard InChI is InChI=1S/C12H21NO7S/c1-19-11(14)10-8-13(12(15)16)6-5-9(10)4-3-7-20-21(2,17)18/h9-10H,3-8H2,1-2H3,(H,15,16). The van der Waals surface area contributed by atoms with Gasteiger partial charge in [-0.2, -0.15) is 8.42 Å². The van der Waals surface area contributed by atoms with Gasteiger partial charge in [0.1, 0.15) is 0 Å². The lowest BCUT2D eigenvalue weighted by molar-refractivity contribution is -0.149. The molecular weight excluding hydrogens is 302 g/mol. The fourth-order valence-electron chi connectivity index (χ4n) is 2.49. The smallest absolute Gasteiger partial charge is 0.407 e. The van der Waals surface area contributed by atoms with Gasteiger partial charge in [-0.05, 0) is 25.2 Å². The molecular formula is C12H21NO7S. The molecule has 0 aromatic heterocycles. The van der Waals surface area contributed by atoms with E-state index in [-0.39, 0.29) is 19.1 Å². The van der Waals surface area contributed by atoms with Crippen LogP contribution in [0, 0.1) is 11.8 Å². The Hall–Kier alpha value is -1.35. The molecule has 2 atom stereocenters. The molecule has 9 heteroatoms. The molecule has 1 saturated heterocycles. The van der Waals surface area contributed by atoms with E-state index in [0.29, 0.717) is 25.8 Å². The van der Waals surface area contributed by atoms with Gasteiger partial charge in [-0.25, -0.2) is 4.79 Å². The number of amides is 1. The highest BCUT2D eigenvalue weighted by Crippen LogP contribution is 2.28. The Bertz CT molecular complexity index is 476. The molecule has 1 amide bonds. The summed E-state index contributed by atoms with van der Waals surface area (Å²) in [6, 6.07) is 0. The molecule has 0 spiro atoms. The first-order chi connectivity index (χ1) is 9.74. The van der Waals surface area contributed by atoms with E-state index in [2.05, 4.69) is 4.18 Å². The number of likely N-dealkylation sites (tertiary alicyclic amines) is 1. The minimum absolute atomic E-state index is 0.0313. The number of esters is 1. The highest BCUT2D eigenvalue weighted by molar-refractivity contribution is 7.85. The van der Waals surface area contributed by atoms with Crippen LogP contribution >= 0.6 is 0 Å². The van der Waals surface area contributed by atoms with Crippen LogP contribution in [0.3, 0.4) is 0 Å². The quantitative estimate of drug-likeness (QED) is 0.431. The van der Waals surface area contributed by atoms with E-state index in [0.717, 1.165) is 6.26 Å². The van der Waals surface area contributed by atoms with Gasteiger partial charge in [0, 0.05) is 13.1 Å². The van der Waals surface area contributed by atoms with Crippen molar-refractivity contribution < 1.29 is 32.0 Å². The lowest BCUT2D eigenvalue weighted by Crippen LogP contribution is -2.46. The summed E-state index contributed by atoms with van der Waals surface area (Å²) >= 11 is 0. The molecule has 0 saturated carbocycles. The Morgan fingerprint density at radius 2 is 2.05 bits per heavy atom. The van der Waals surface area contributed by atoms with Crippen LogP contribution in [-0.4, -0.2) is 63.5 Å². The Morgan fingerprint density at radius 1 is 1.38 bits per heavy atom. The molecule has 0 aliphatic carbocycles. The van der Waals surface area contributed by atoms with E-state index in [1.54, 1.807) is 0 Å². The van der Waals surface area contributed by atoms with Crippen LogP contribution in [0.2, 0.25) is 0 Å². The molecule has 0 radical (unpaired) electrons. The number of piperidine rings is 1. The summed E-state index contributed by atoms with van der Waals surface area (Å²) < 4.78 is 31.1. The van der Waals surface area contributed by atoms with Crippen molar-refractivity contribution >= 4 is 22.2 Å². The molecule has 1 fully saturated rings. The summed E-state index contributed by atoms with van der Waals surface area (Å²) in [5, 5.41) is 8.99. The number of methoxy groups -OCH3 is 1. The second-order valence-electron chi connectivity index (χ2n) is 5.08. The summed E-state index contributed by atoms with van der Waals surface area (Å²) in [5.74, 6) is -0.982. The number of ether oxygens (including phenoxy) is 1. The maximum atomic E-state index is 11.8. The lowest BCUT2D eigenvalue weighted by atomic mass is 9.82. The molecule has 1 aliphatic rings. The van der Waals surface area contributed by atoms with E-state index in [9.17, 15) is 18.0 Å². The molecule has 0 aromatic rings. The normalized spacial score (nSPS) is 22.9. The topological polar surface area (TPSA) is 110 Å². The van der Waals surface area contributed by atoms with Crippen molar-refractivity contribution in [3.05, 3.63) is 0 Å². The van der Waals surface area contributed by atoms with Crippen LogP contribution in [0.4, 0.5) is 4.79 Å². The molecule has 21 heavy (non-hydrogen) atoms. The van der Waals surface area contributed by atoms with Gasteiger partial charge in [-0.15, -0.1) is 0 Å². The first-order valence-corrected chi connectivity index (χ1v) is 8.46. The average molecular weight is 323 g/mol. The zero-order chi connectivity index (χ0) is 16.0. The van der Waals surface area contributed by atoms with Gasteiger partial charge in [0.15, 0.2) is 0 Å². The number of hydrogen-bond donors (Lipinski definition) is 1. The first-order valence-electron chi connectivity index (χ1n) is 6.64. The predicted octanol–water partition coefficient (Wildman–Crippen LogP) is 0.532. The minimum atomic E-state index is -3.46.